The summed E-state index contributed by atoms with van der Waals surface area (Å²) in [7, 11) is 3.88. The second-order valence-corrected chi connectivity index (χ2v) is 26.7. The van der Waals surface area contributed by atoms with Crippen LogP contribution in [0.15, 0.2) is 77.4 Å². The van der Waals surface area contributed by atoms with E-state index >= 15 is 0 Å². The number of H-pyrrole nitrogens is 3. The number of ether oxygens (including phenoxy) is 6. The second-order valence-electron chi connectivity index (χ2n) is 15.9. The molecule has 3 fully saturated rings. The maximum atomic E-state index is 12.5. The fraction of sp³-hybridized carbons (Fsp3) is 0.667. The van der Waals surface area contributed by atoms with E-state index < -0.39 is 153 Å². The van der Waals surface area contributed by atoms with Gasteiger partial charge in [-0.25, -0.2) is 14.4 Å². The average molecular weight is 1440 g/mol. The number of hydrogen-bond acceptors (Lipinski definition) is 26. The Morgan fingerprint density at radius 1 is 0.607 bits per heavy atom. The molecule has 32 nitrogen and oxygen atoms in total. The van der Waals surface area contributed by atoms with Gasteiger partial charge in [0.15, 0.2) is 24.6 Å². The average Bonchev–Trinajstić information content (AvgIpc) is 1.68. The van der Waals surface area contributed by atoms with Crippen molar-refractivity contribution in [3.8, 4) is 0 Å². The number of hydrogen-bond donors (Lipinski definition) is 4. The Morgan fingerprint density at radius 3 is 1.19 bits per heavy atom. The van der Waals surface area contributed by atoms with Crippen molar-refractivity contribution in [2.45, 2.75) is 123 Å². The van der Waals surface area contributed by atoms with Crippen LogP contribution >= 0.6 is 44.3 Å². The maximum absolute atomic E-state index is 12.5. The number of methoxy groups -OCH3 is 3. The van der Waals surface area contributed by atoms with Gasteiger partial charge in [-0.2, -0.15) is 12.6 Å². The standard InChI is InChI=1S/C15H23N2O7P.C10H14N2O5.C10H12N2O5.C9H22O6P2.CH4.3BHOPS/c1-4-22-25(20,23-5-2)9-7-11-10-12(21-3)14(24-11)17-8-6-13(18)16-15(17)19;2*1-16-7-4-6(5-13)17-9(7)12-3-2-8(14)11-10(12)15;1-5-12-16(10,13-6-2)9-17(11,14-7-3)15-8-4;;3*1-3-4-2/h6-9,11-12,14H,4-5,10H2,1-3H3,(H,16,18,19);2-3,6-7,9,13H,4-5H2,1H3,(H,11,14,15);2-3,5-7,9H,4H2,1H3,(H,11,14,15);5-9H2,1-4H3;1H4;3*3H/q;;;;;3*+1/b9-7+;;;;;;;/t11-,12+,14-;2*6-,7-,9+;;;;;/m100...../s1/i10T;2*4T;;;3*3D/t10?,11-,12+,14-;2*4?,6-,7-,9+;;;;;. The molecule has 89 heavy (non-hydrogen) atoms. The van der Waals surface area contributed by atoms with Crippen molar-refractivity contribution in [1.29, 1.82) is 3.84 Å². The van der Waals surface area contributed by atoms with Crippen molar-refractivity contribution in [3.63, 3.8) is 0 Å². The zero-order valence-electron chi connectivity index (χ0n) is 54.9. The molecule has 3 aromatic rings. The molecule has 498 valence electrons. The summed E-state index contributed by atoms with van der Waals surface area (Å²) in [5, 5.41) is 9.08. The zero-order chi connectivity index (χ0) is 72.1. The molecule has 44 heteroatoms. The minimum atomic E-state index is -3.44. The van der Waals surface area contributed by atoms with Crippen molar-refractivity contribution < 1.29 is 95.9 Å². The number of nitrogens with zero attached hydrogens (tertiary/aromatic N) is 3. The molecule has 4 N–H and O–H groups in total. The Hall–Kier alpha value is -3.23. The number of carbonyl (C=O) groups excluding carboxylic acids is 1. The third kappa shape index (κ3) is 32.9. The van der Waals surface area contributed by atoms with E-state index in [0.29, 0.717) is 6.29 Å². The predicted molar refractivity (Wildman–Crippen MR) is 345 cm³/mol. The summed E-state index contributed by atoms with van der Waals surface area (Å²) in [5.74, 6) is 0.917. The van der Waals surface area contributed by atoms with Gasteiger partial charge >= 0.3 is 66.4 Å². The summed E-state index contributed by atoms with van der Waals surface area (Å²) < 4.78 is 173. The van der Waals surface area contributed by atoms with Crippen LogP contribution in [0, 0.1) is 0 Å². The van der Waals surface area contributed by atoms with Crippen LogP contribution < -0.4 is 33.7 Å². The smallest absolute Gasteiger partial charge is 0.394 e. The highest BCUT2D eigenvalue weighted by Gasteiger charge is 2.40. The van der Waals surface area contributed by atoms with E-state index in [0.717, 1.165) is 19.8 Å². The largest absolute Gasteiger partial charge is 0.459 e. The molecule has 3 aromatic heterocycles. The Bertz CT molecular complexity index is 3440. The molecule has 0 aliphatic carbocycles. The molecule has 3 aliphatic heterocycles. The quantitative estimate of drug-likeness (QED) is 0.0568. The minimum absolute atomic E-state index is 0. The van der Waals surface area contributed by atoms with E-state index in [2.05, 4.69) is 37.6 Å². The minimum Gasteiger partial charge on any atom is -0.394 e. The van der Waals surface area contributed by atoms with E-state index in [4.69, 9.17) is 68.6 Å². The van der Waals surface area contributed by atoms with Crippen LogP contribution in [0.25, 0.3) is 0 Å². The molecule has 0 amide bonds. The van der Waals surface area contributed by atoms with E-state index in [1.54, 1.807) is 41.5 Å². The number of carbonyl (C=O) groups is 1. The van der Waals surface area contributed by atoms with Crippen molar-refractivity contribution in [2.24, 2.45) is 0 Å². The topological polar surface area (TPSA) is 415 Å². The number of aromatic amines is 3. The van der Waals surface area contributed by atoms with Crippen LogP contribution in [0.5, 0.6) is 0 Å². The summed E-state index contributed by atoms with van der Waals surface area (Å²) in [6.07, 6.45) is -4.25. The van der Waals surface area contributed by atoms with Crippen LogP contribution in [0.4, 0.5) is 0 Å². The molecule has 3 aliphatic rings. The van der Waals surface area contributed by atoms with Crippen LogP contribution in [0.1, 0.15) is 91.0 Å². The van der Waals surface area contributed by atoms with Gasteiger partial charge in [0, 0.05) is 87.2 Å². The van der Waals surface area contributed by atoms with Gasteiger partial charge < -0.3 is 65.5 Å². The molecule has 15 atom stereocenters. The summed E-state index contributed by atoms with van der Waals surface area (Å²) in [5.41, 5.74) is -3.56. The predicted octanol–water partition coefficient (Wildman–Crippen LogP) is 3.23. The van der Waals surface area contributed by atoms with Gasteiger partial charge in [-0.05, 0) is 47.6 Å². The first-order chi connectivity index (χ1) is 44.3. The fourth-order valence-corrected chi connectivity index (χ4v) is 13.2. The highest BCUT2D eigenvalue weighted by atomic mass is 32.5. The fourth-order valence-electron chi connectivity index (χ4n) is 7.08. The lowest BCUT2D eigenvalue weighted by Crippen LogP contribution is -2.35. The molecule has 0 bridgehead atoms. The van der Waals surface area contributed by atoms with Gasteiger partial charge in [0.25, 0.3) is 49.2 Å². The van der Waals surface area contributed by atoms with Gasteiger partial charge in [-0.3, -0.25) is 56.7 Å². The lowest BCUT2D eigenvalue weighted by Gasteiger charge is -2.22. The molecule has 0 saturated carbocycles. The zero-order valence-corrected chi connectivity index (χ0v) is 56.7. The van der Waals surface area contributed by atoms with Crippen LogP contribution in [0.3, 0.4) is 0 Å². The number of nitrogens with one attached hydrogen (secondary N) is 3. The Balaban J connectivity index is 0. The Morgan fingerprint density at radius 2 is 0.910 bits per heavy atom. The summed E-state index contributed by atoms with van der Waals surface area (Å²) in [6.45, 7) is 11.1. The van der Waals surface area contributed by atoms with E-state index in [1.807, 2.05) is 0 Å². The third-order valence-corrected chi connectivity index (χ3v) is 18.5. The van der Waals surface area contributed by atoms with Crippen LogP contribution in [-0.4, -0.2) is 189 Å². The highest BCUT2D eigenvalue weighted by Crippen LogP contribution is 2.64. The molecule has 0 spiro atoms. The molecule has 0 aromatic carbocycles. The van der Waals surface area contributed by atoms with Crippen molar-refractivity contribution in [1.82, 2.24) is 28.7 Å². The van der Waals surface area contributed by atoms with Crippen molar-refractivity contribution in [2.75, 3.05) is 73.5 Å². The molecule has 6 radical (unpaired) electrons. The Labute approximate surface area is 540 Å². The Kier molecular flexibility index (Phi) is 42.4. The normalized spacial score (nSPS) is 24.8. The van der Waals surface area contributed by atoms with Crippen LogP contribution in [-0.2, 0) is 107 Å². The first kappa shape index (κ1) is 76.5. The van der Waals surface area contributed by atoms with Gasteiger partial charge in [-0.15, -0.1) is 0 Å². The summed E-state index contributed by atoms with van der Waals surface area (Å²) >= 11 is 0. The van der Waals surface area contributed by atoms with Gasteiger partial charge in [0.1, 0.15) is 52.2 Å². The molecular formula is C45H78B3N6O26P6S3+3. The van der Waals surface area contributed by atoms with Gasteiger partial charge in [0.05, 0.1) is 58.5 Å². The highest BCUT2D eigenvalue weighted by molar-refractivity contribution is 8.10. The number of rotatable bonds is 24. The lowest BCUT2D eigenvalue weighted by molar-refractivity contribution is -0.120. The molecule has 6 heterocycles. The monoisotopic (exact) mass is 1440 g/mol. The molecular weight excluding hydrogens is 1350 g/mol. The lowest BCUT2D eigenvalue weighted by atomic mass is 10.2. The second kappa shape index (κ2) is 49.4. The number of aromatic nitrogens is 6. The third-order valence-electron chi connectivity index (χ3n) is 10.3. The molecule has 6 unspecified atom stereocenters. The van der Waals surface area contributed by atoms with Crippen molar-refractivity contribution in [3.05, 3.63) is 111 Å². The van der Waals surface area contributed by atoms with E-state index in [-0.39, 0.29) is 92.1 Å². The number of aliphatic hydroxyl groups excluding tert-OH is 1. The summed E-state index contributed by atoms with van der Waals surface area (Å²) in [6, 6.07) is 3.52. The summed E-state index contributed by atoms with van der Waals surface area (Å²) in [4.78, 5) is 85.5. The SMILES string of the molecule is C.CCOP(=O)(CP(=O)(OCC)OCC)OCC.[2H][P+]([B])=S=O.[2H][P+]([B])=S=O.[2H][P+]([B])=S=O.[3H]C1[C@@H](/C=C/P(=O)(OCC)OCC)O[C@@H](n2ccc(=O)[nH]c2=O)[C@H]1OC.[3H]C1[C@@H](C=O)O[C@@H](n2ccc(=O)[nH]c2=O)[C@H]1OC.[3H]C1[C@@H](CO)O[C@@H](n2ccc(=O)[nH]c2=O)[C@H]1OC. The van der Waals surface area contributed by atoms with E-state index in [9.17, 15) is 59.9 Å². The maximum Gasteiger partial charge on any atom is 0.459 e. The first-order valence-electron chi connectivity index (χ1n) is 28.5. The number of aldehydes is 1. The molecule has 3 saturated heterocycles. The number of aliphatic hydroxyl groups is 1. The van der Waals surface area contributed by atoms with Crippen LogP contribution in [0.2, 0.25) is 0 Å². The van der Waals surface area contributed by atoms with Crippen molar-refractivity contribution >= 4 is 106 Å². The first-order valence-corrected chi connectivity index (χ1v) is 37.4. The van der Waals surface area contributed by atoms with Gasteiger partial charge in [-0.1, -0.05) is 7.43 Å². The van der Waals surface area contributed by atoms with E-state index in [1.165, 1.54) is 63.9 Å². The molecule has 6 rings (SSSR count). The van der Waals surface area contributed by atoms with Gasteiger partial charge in [0.2, 0.25) is 0 Å².